The molecule has 3 heteroatoms. The van der Waals surface area contributed by atoms with Gasteiger partial charge in [0.1, 0.15) is 6.10 Å². The van der Waals surface area contributed by atoms with Crippen LogP contribution in [0.15, 0.2) is 0 Å². The van der Waals surface area contributed by atoms with Crippen LogP contribution in [0.1, 0.15) is 19.8 Å². The van der Waals surface area contributed by atoms with E-state index >= 15 is 0 Å². The zero-order chi connectivity index (χ0) is 8.97. The fraction of sp³-hybridized carbons (Fsp3) is 1.00. The van der Waals surface area contributed by atoms with Crippen molar-refractivity contribution in [3.8, 4) is 0 Å². The van der Waals surface area contributed by atoms with Crippen LogP contribution in [0.25, 0.3) is 0 Å². The molecule has 3 nitrogen and oxygen atoms in total. The minimum atomic E-state index is -0.105. The molecule has 1 aliphatic heterocycles. The monoisotopic (exact) mass is 174 g/mol. The molecule has 12 heavy (non-hydrogen) atoms. The highest BCUT2D eigenvalue weighted by Crippen LogP contribution is 2.26. The predicted molar refractivity (Wildman–Crippen MR) is 46.0 cm³/mol. The van der Waals surface area contributed by atoms with Crippen LogP contribution in [0, 0.1) is 5.92 Å². The van der Waals surface area contributed by atoms with Gasteiger partial charge in [0, 0.05) is 13.0 Å². The van der Waals surface area contributed by atoms with Gasteiger partial charge in [-0.3, -0.25) is 0 Å². The maximum atomic E-state index is 8.95. The molecule has 1 saturated heterocycles. The van der Waals surface area contributed by atoms with E-state index in [9.17, 15) is 0 Å². The number of hydrogen-bond donors (Lipinski definition) is 1. The van der Waals surface area contributed by atoms with E-state index in [0.717, 1.165) is 19.4 Å². The third-order valence-electron chi connectivity index (χ3n) is 2.47. The maximum absolute atomic E-state index is 8.95. The van der Waals surface area contributed by atoms with Gasteiger partial charge >= 0.3 is 0 Å². The minimum Gasteiger partial charge on any atom is -0.394 e. The fourth-order valence-corrected chi connectivity index (χ4v) is 1.86. The van der Waals surface area contributed by atoms with Crippen molar-refractivity contribution in [1.82, 2.24) is 0 Å². The van der Waals surface area contributed by atoms with Gasteiger partial charge in [-0.1, -0.05) is 13.3 Å². The van der Waals surface area contributed by atoms with Crippen LogP contribution >= 0.6 is 0 Å². The molecule has 0 aromatic heterocycles. The summed E-state index contributed by atoms with van der Waals surface area (Å²) in [5.74, 6) is 0.470. The van der Waals surface area contributed by atoms with Crippen LogP contribution in [0.3, 0.4) is 0 Å². The lowest BCUT2D eigenvalue weighted by Crippen LogP contribution is -2.31. The Labute approximate surface area is 73.7 Å². The average Bonchev–Trinajstić information content (AvgIpc) is 2.47. The van der Waals surface area contributed by atoms with Crippen molar-refractivity contribution in [3.05, 3.63) is 0 Å². The summed E-state index contributed by atoms with van der Waals surface area (Å²) in [6.45, 7) is 2.95. The maximum Gasteiger partial charge on any atom is 0.107 e. The number of aliphatic hydroxyl groups excluding tert-OH is 1. The van der Waals surface area contributed by atoms with E-state index in [1.807, 2.05) is 0 Å². The topological polar surface area (TPSA) is 38.7 Å². The summed E-state index contributed by atoms with van der Waals surface area (Å²) >= 11 is 0. The zero-order valence-electron chi connectivity index (χ0n) is 7.82. The van der Waals surface area contributed by atoms with E-state index in [4.69, 9.17) is 14.6 Å². The molecule has 1 fully saturated rings. The van der Waals surface area contributed by atoms with Crippen molar-refractivity contribution < 1.29 is 14.6 Å². The Kier molecular flexibility index (Phi) is 3.98. The first-order valence-electron chi connectivity index (χ1n) is 4.58. The molecule has 1 heterocycles. The lowest BCUT2D eigenvalue weighted by Gasteiger charge is -2.19. The van der Waals surface area contributed by atoms with Crippen LogP contribution in [0.2, 0.25) is 0 Å². The van der Waals surface area contributed by atoms with E-state index in [1.54, 1.807) is 7.11 Å². The van der Waals surface area contributed by atoms with Crippen molar-refractivity contribution in [2.75, 3.05) is 20.3 Å². The Morgan fingerprint density at radius 3 is 2.83 bits per heavy atom. The molecule has 1 rings (SSSR count). The summed E-state index contributed by atoms with van der Waals surface area (Å²) in [6.07, 6.45) is 2.25. The van der Waals surface area contributed by atoms with E-state index in [1.165, 1.54) is 0 Å². The molecular formula is C9H18O3. The Balaban J connectivity index is 2.44. The van der Waals surface area contributed by atoms with Gasteiger partial charge in [0.15, 0.2) is 0 Å². The molecule has 1 aliphatic rings. The third-order valence-corrected chi connectivity index (χ3v) is 2.47. The minimum absolute atomic E-state index is 0.0682. The molecule has 0 radical (unpaired) electrons. The normalized spacial score (nSPS) is 35.8. The number of rotatable bonds is 4. The highest BCUT2D eigenvalue weighted by Gasteiger charge is 2.36. The van der Waals surface area contributed by atoms with Crippen LogP contribution in [-0.2, 0) is 9.47 Å². The van der Waals surface area contributed by atoms with Gasteiger partial charge in [-0.05, 0) is 6.42 Å². The molecule has 0 bridgehead atoms. The molecule has 0 aromatic rings. The molecule has 0 amide bonds. The van der Waals surface area contributed by atoms with Gasteiger partial charge in [0.2, 0.25) is 0 Å². The second-order valence-electron chi connectivity index (χ2n) is 3.30. The zero-order valence-corrected chi connectivity index (χ0v) is 7.82. The lowest BCUT2D eigenvalue weighted by atomic mass is 9.97. The molecule has 1 N–H and O–H groups in total. The molecule has 2 unspecified atom stereocenters. The summed E-state index contributed by atoms with van der Waals surface area (Å²) in [5.41, 5.74) is 0. The molecular weight excluding hydrogens is 156 g/mol. The summed E-state index contributed by atoms with van der Waals surface area (Å²) in [6, 6.07) is 0. The molecule has 0 saturated carbocycles. The lowest BCUT2D eigenvalue weighted by molar-refractivity contribution is -0.0198. The van der Waals surface area contributed by atoms with Gasteiger partial charge in [-0.25, -0.2) is 0 Å². The first-order valence-corrected chi connectivity index (χ1v) is 4.58. The van der Waals surface area contributed by atoms with Crippen molar-refractivity contribution in [2.45, 2.75) is 32.0 Å². The van der Waals surface area contributed by atoms with Crippen molar-refractivity contribution >= 4 is 0 Å². The quantitative estimate of drug-likeness (QED) is 0.685. The van der Waals surface area contributed by atoms with Crippen LogP contribution in [-0.4, -0.2) is 37.6 Å². The molecule has 3 atom stereocenters. The first-order chi connectivity index (χ1) is 5.83. The SMILES string of the molecule is CCC[C@@H]1COC(CO)C1OC. The van der Waals surface area contributed by atoms with E-state index < -0.39 is 0 Å². The van der Waals surface area contributed by atoms with E-state index in [-0.39, 0.29) is 18.8 Å². The Morgan fingerprint density at radius 1 is 1.58 bits per heavy atom. The van der Waals surface area contributed by atoms with Crippen molar-refractivity contribution in [2.24, 2.45) is 5.92 Å². The smallest absolute Gasteiger partial charge is 0.107 e. The Hall–Kier alpha value is -0.120. The Morgan fingerprint density at radius 2 is 2.33 bits per heavy atom. The van der Waals surface area contributed by atoms with Gasteiger partial charge in [0.25, 0.3) is 0 Å². The molecule has 0 aromatic carbocycles. The number of aliphatic hydroxyl groups is 1. The second-order valence-corrected chi connectivity index (χ2v) is 3.30. The third kappa shape index (κ3) is 1.97. The van der Waals surface area contributed by atoms with Crippen LogP contribution < -0.4 is 0 Å². The van der Waals surface area contributed by atoms with Gasteiger partial charge < -0.3 is 14.6 Å². The molecule has 0 spiro atoms. The molecule has 72 valence electrons. The summed E-state index contributed by atoms with van der Waals surface area (Å²) < 4.78 is 10.7. The Bertz CT molecular complexity index is 127. The number of hydrogen-bond acceptors (Lipinski definition) is 3. The largest absolute Gasteiger partial charge is 0.394 e. The van der Waals surface area contributed by atoms with Crippen molar-refractivity contribution in [3.63, 3.8) is 0 Å². The fourth-order valence-electron chi connectivity index (χ4n) is 1.86. The summed E-state index contributed by atoms with van der Waals surface area (Å²) in [5, 5.41) is 8.95. The highest BCUT2D eigenvalue weighted by atomic mass is 16.6. The average molecular weight is 174 g/mol. The first kappa shape index (κ1) is 9.96. The van der Waals surface area contributed by atoms with Crippen LogP contribution in [0.5, 0.6) is 0 Å². The van der Waals surface area contributed by atoms with Crippen molar-refractivity contribution in [1.29, 1.82) is 0 Å². The van der Waals surface area contributed by atoms with E-state index in [2.05, 4.69) is 6.92 Å². The second kappa shape index (κ2) is 4.80. The van der Waals surface area contributed by atoms with Gasteiger partial charge in [-0.2, -0.15) is 0 Å². The number of methoxy groups -OCH3 is 1. The highest BCUT2D eigenvalue weighted by molar-refractivity contribution is 4.83. The standard InChI is InChI=1S/C9H18O3/c1-3-4-7-6-12-8(5-10)9(7)11-2/h7-10H,3-6H2,1-2H3/t7-,8?,9?/m1/s1. The predicted octanol–water partition coefficient (Wildman–Crippen LogP) is 0.809. The number of ether oxygens (including phenoxy) is 2. The van der Waals surface area contributed by atoms with Gasteiger partial charge in [-0.15, -0.1) is 0 Å². The van der Waals surface area contributed by atoms with Gasteiger partial charge in [0.05, 0.1) is 19.3 Å². The van der Waals surface area contributed by atoms with E-state index in [0.29, 0.717) is 5.92 Å². The van der Waals surface area contributed by atoms with Crippen LogP contribution in [0.4, 0.5) is 0 Å². The summed E-state index contributed by atoms with van der Waals surface area (Å²) in [4.78, 5) is 0. The summed E-state index contributed by atoms with van der Waals surface area (Å²) in [7, 11) is 1.69. The molecule has 0 aliphatic carbocycles.